The van der Waals surface area contributed by atoms with E-state index >= 15 is 0 Å². The molecule has 0 fully saturated rings. The minimum Gasteiger partial charge on any atom is -0.176 e. The predicted molar refractivity (Wildman–Crippen MR) is 56.3 cm³/mol. The van der Waals surface area contributed by atoms with Gasteiger partial charge in [-0.25, -0.2) is 0 Å². The van der Waals surface area contributed by atoms with Crippen LogP contribution in [0.5, 0.6) is 0 Å². The maximum Gasteiger partial charge on any atom is 0.0441 e. The molecule has 2 rings (SSSR count). The highest BCUT2D eigenvalue weighted by molar-refractivity contribution is 7.80. The van der Waals surface area contributed by atoms with Crippen molar-refractivity contribution in [2.75, 3.05) is 0 Å². The number of hydrogen-bond donors (Lipinski definition) is 1. The first kappa shape index (κ1) is 8.46. The molecule has 1 unspecified atom stereocenters. The van der Waals surface area contributed by atoms with Gasteiger partial charge in [-0.3, -0.25) is 0 Å². The van der Waals surface area contributed by atoms with Crippen molar-refractivity contribution < 1.29 is 0 Å². The van der Waals surface area contributed by atoms with Crippen molar-refractivity contribution in [2.24, 2.45) is 0 Å². The Labute approximate surface area is 83.3 Å². The van der Waals surface area contributed by atoms with E-state index in [2.05, 4.69) is 18.7 Å². The van der Waals surface area contributed by atoms with Gasteiger partial charge in [-0.15, -0.1) is 0 Å². The summed E-state index contributed by atoms with van der Waals surface area (Å²) in [7, 11) is 0. The molecule has 2 heteroatoms. The molecule has 12 heavy (non-hydrogen) atoms. The summed E-state index contributed by atoms with van der Waals surface area (Å²) in [6, 6.07) is 6.16. The van der Waals surface area contributed by atoms with Crippen molar-refractivity contribution in [1.29, 1.82) is 0 Å². The number of thiol groups is 1. The molecule has 0 spiro atoms. The van der Waals surface area contributed by atoms with Gasteiger partial charge in [0.1, 0.15) is 0 Å². The molecule has 1 aromatic carbocycles. The van der Waals surface area contributed by atoms with Crippen LogP contribution in [0, 0.1) is 0 Å². The Morgan fingerprint density at radius 3 is 3.08 bits per heavy atom. The maximum absolute atomic E-state index is 6.07. The van der Waals surface area contributed by atoms with Gasteiger partial charge in [0.2, 0.25) is 0 Å². The third kappa shape index (κ3) is 1.48. The molecule has 0 aromatic heterocycles. The lowest BCUT2D eigenvalue weighted by molar-refractivity contribution is 0.706. The van der Waals surface area contributed by atoms with Crippen molar-refractivity contribution >= 4 is 24.2 Å². The van der Waals surface area contributed by atoms with Gasteiger partial charge in [0.05, 0.1) is 0 Å². The molecule has 0 N–H and O–H groups in total. The van der Waals surface area contributed by atoms with E-state index in [9.17, 15) is 0 Å². The van der Waals surface area contributed by atoms with E-state index in [1.54, 1.807) is 0 Å². The number of benzene rings is 1. The van der Waals surface area contributed by atoms with Gasteiger partial charge in [-0.05, 0) is 36.5 Å². The van der Waals surface area contributed by atoms with Crippen LogP contribution in [0.15, 0.2) is 18.2 Å². The second kappa shape index (κ2) is 3.31. The van der Waals surface area contributed by atoms with Gasteiger partial charge >= 0.3 is 0 Å². The number of fused-ring (bicyclic) bond motifs is 1. The summed E-state index contributed by atoms with van der Waals surface area (Å²) in [6.45, 7) is 0. The summed E-state index contributed by atoms with van der Waals surface area (Å²) in [5.74, 6) is 0. The van der Waals surface area contributed by atoms with Gasteiger partial charge < -0.3 is 0 Å². The zero-order valence-electron chi connectivity index (χ0n) is 6.76. The van der Waals surface area contributed by atoms with Crippen LogP contribution < -0.4 is 0 Å². The van der Waals surface area contributed by atoms with E-state index in [0.717, 1.165) is 17.9 Å². The van der Waals surface area contributed by atoms with Gasteiger partial charge in [0.25, 0.3) is 0 Å². The lowest BCUT2D eigenvalue weighted by atomic mass is 9.91. The first-order chi connectivity index (χ1) is 5.77. The molecule has 1 aliphatic rings. The third-order valence-corrected chi connectivity index (χ3v) is 3.20. The van der Waals surface area contributed by atoms with Gasteiger partial charge in [-0.1, -0.05) is 23.7 Å². The Morgan fingerprint density at radius 1 is 1.42 bits per heavy atom. The molecule has 1 aliphatic carbocycles. The van der Waals surface area contributed by atoms with Crippen LogP contribution in [-0.4, -0.2) is 5.25 Å². The van der Waals surface area contributed by atoms with Crippen molar-refractivity contribution in [3.05, 3.63) is 34.3 Å². The summed E-state index contributed by atoms with van der Waals surface area (Å²) in [6.07, 6.45) is 3.33. The highest BCUT2D eigenvalue weighted by atomic mass is 35.5. The Kier molecular flexibility index (Phi) is 2.33. The van der Waals surface area contributed by atoms with E-state index in [-0.39, 0.29) is 0 Å². The summed E-state index contributed by atoms with van der Waals surface area (Å²) in [5.41, 5.74) is 2.72. The van der Waals surface area contributed by atoms with Gasteiger partial charge in [0.15, 0.2) is 0 Å². The lowest BCUT2D eigenvalue weighted by Gasteiger charge is -2.21. The molecule has 0 amide bonds. The lowest BCUT2D eigenvalue weighted by Crippen LogP contribution is -2.14. The summed E-state index contributed by atoms with van der Waals surface area (Å²) in [5, 5.41) is 1.41. The van der Waals surface area contributed by atoms with E-state index in [0.29, 0.717) is 5.25 Å². The smallest absolute Gasteiger partial charge is 0.0441 e. The molecule has 0 saturated heterocycles. The second-order valence-corrected chi connectivity index (χ2v) is 4.41. The van der Waals surface area contributed by atoms with Crippen LogP contribution in [-0.2, 0) is 12.8 Å². The number of hydrogen-bond acceptors (Lipinski definition) is 1. The maximum atomic E-state index is 6.07. The SMILES string of the molecule is SC1CCc2cccc(Cl)c2C1. The summed E-state index contributed by atoms with van der Waals surface area (Å²) < 4.78 is 0. The van der Waals surface area contributed by atoms with Crippen LogP contribution in [0.1, 0.15) is 17.5 Å². The fraction of sp³-hybridized carbons (Fsp3) is 0.400. The average molecular weight is 199 g/mol. The first-order valence-corrected chi connectivity index (χ1v) is 5.11. The number of rotatable bonds is 0. The molecular formula is C10H11ClS. The van der Waals surface area contributed by atoms with Crippen molar-refractivity contribution in [2.45, 2.75) is 24.5 Å². The van der Waals surface area contributed by atoms with Gasteiger partial charge in [-0.2, -0.15) is 12.6 Å². The van der Waals surface area contributed by atoms with E-state index in [1.807, 2.05) is 12.1 Å². The predicted octanol–water partition coefficient (Wildman–Crippen LogP) is 3.13. The molecule has 0 heterocycles. The quantitative estimate of drug-likeness (QED) is 0.609. The number of aryl methyl sites for hydroxylation is 1. The summed E-state index contributed by atoms with van der Waals surface area (Å²) in [4.78, 5) is 0. The van der Waals surface area contributed by atoms with Crippen molar-refractivity contribution in [3.8, 4) is 0 Å². The molecule has 0 saturated carbocycles. The van der Waals surface area contributed by atoms with Crippen LogP contribution in [0.25, 0.3) is 0 Å². The molecule has 64 valence electrons. The molecular weight excluding hydrogens is 188 g/mol. The topological polar surface area (TPSA) is 0 Å². The first-order valence-electron chi connectivity index (χ1n) is 4.21. The molecule has 0 bridgehead atoms. The third-order valence-electron chi connectivity index (χ3n) is 2.40. The van der Waals surface area contributed by atoms with Crippen LogP contribution >= 0.6 is 24.2 Å². The molecule has 1 atom stereocenters. The molecule has 0 nitrogen and oxygen atoms in total. The zero-order chi connectivity index (χ0) is 8.55. The van der Waals surface area contributed by atoms with Crippen molar-refractivity contribution in [3.63, 3.8) is 0 Å². The minimum atomic E-state index is 0.498. The largest absolute Gasteiger partial charge is 0.176 e. The highest BCUT2D eigenvalue weighted by Crippen LogP contribution is 2.29. The minimum absolute atomic E-state index is 0.498. The molecule has 0 aliphatic heterocycles. The standard InChI is InChI=1S/C10H11ClS/c11-10-3-1-2-7-4-5-8(12)6-9(7)10/h1-3,8,12H,4-6H2. The second-order valence-electron chi connectivity index (χ2n) is 3.27. The Hall–Kier alpha value is -0.140. The number of halogens is 1. The van der Waals surface area contributed by atoms with Gasteiger partial charge in [0, 0.05) is 10.3 Å². The highest BCUT2D eigenvalue weighted by Gasteiger charge is 2.17. The van der Waals surface area contributed by atoms with Crippen LogP contribution in [0.2, 0.25) is 5.02 Å². The molecule has 1 aromatic rings. The normalized spacial score (nSPS) is 22.0. The van der Waals surface area contributed by atoms with Crippen molar-refractivity contribution in [1.82, 2.24) is 0 Å². The fourth-order valence-corrected chi connectivity index (χ4v) is 2.31. The van der Waals surface area contributed by atoms with Crippen LogP contribution in [0.4, 0.5) is 0 Å². The Bertz CT molecular complexity index is 296. The van der Waals surface area contributed by atoms with E-state index in [4.69, 9.17) is 11.6 Å². The van der Waals surface area contributed by atoms with E-state index < -0.39 is 0 Å². The monoisotopic (exact) mass is 198 g/mol. The fourth-order valence-electron chi connectivity index (χ4n) is 1.73. The zero-order valence-corrected chi connectivity index (χ0v) is 8.41. The van der Waals surface area contributed by atoms with Crippen LogP contribution in [0.3, 0.4) is 0 Å². The summed E-state index contributed by atoms with van der Waals surface area (Å²) >= 11 is 10.5. The molecule has 0 radical (unpaired) electrons. The average Bonchev–Trinajstić information content (AvgIpc) is 2.07. The Morgan fingerprint density at radius 2 is 2.25 bits per heavy atom. The Balaban J connectivity index is 2.43. The van der Waals surface area contributed by atoms with E-state index in [1.165, 1.54) is 17.5 Å².